The number of benzene rings is 1. The summed E-state index contributed by atoms with van der Waals surface area (Å²) in [6.07, 6.45) is 1.91. The van der Waals surface area contributed by atoms with E-state index in [2.05, 4.69) is 25.8 Å². The van der Waals surface area contributed by atoms with Gasteiger partial charge < -0.3 is 30.7 Å². The Balaban J connectivity index is 0.00000506. The molecule has 1 aromatic heterocycles. The molecular weight excluding hydrogens is 617 g/mol. The predicted molar refractivity (Wildman–Crippen MR) is 167 cm³/mol. The number of fused-ring (bicyclic) bond motifs is 1. The molecule has 1 aliphatic heterocycles. The molecule has 2 aromatic rings. The van der Waals surface area contributed by atoms with Crippen LogP contribution in [0.2, 0.25) is 5.02 Å². The van der Waals surface area contributed by atoms with Gasteiger partial charge in [-0.2, -0.15) is 0 Å². The van der Waals surface area contributed by atoms with E-state index in [1.807, 2.05) is 7.05 Å². The van der Waals surface area contributed by atoms with E-state index in [1.165, 1.54) is 39.3 Å². The summed E-state index contributed by atoms with van der Waals surface area (Å²) in [4.78, 5) is 75.2. The van der Waals surface area contributed by atoms with Crippen LogP contribution in [-0.2, 0) is 27.3 Å². The number of nitrogens with one attached hydrogen (secondary N) is 3. The number of hydrogen-bond donors (Lipinski definition) is 3. The third-order valence-corrected chi connectivity index (χ3v) is 8.78. The van der Waals surface area contributed by atoms with Crippen molar-refractivity contribution in [3.63, 3.8) is 0 Å². The van der Waals surface area contributed by atoms with E-state index in [-0.39, 0.29) is 41.4 Å². The Morgan fingerprint density at radius 2 is 1.72 bits per heavy atom. The topological polar surface area (TPSA) is 144 Å². The highest BCUT2D eigenvalue weighted by Crippen LogP contribution is 2.29. The lowest BCUT2D eigenvalue weighted by Gasteiger charge is -2.37. The standard InChI is InChI=1S/C28H36ClN7O5S.ClH/c1-34(2)27(40)15-6-8-19(21(12-15)32-25(39)26-33-20-10-11-36(5)14-22(20)42-26)31-24(38)23(37)30-18-9-7-16(29)13-17(18)28(41)35(3)4;/h7,9,13,15,19,21H,6,8,10-12,14H2,1-5H3,(H,30,37)(H,31,38)(H,32,39);1H/t15-,19-,21+;/m0./s1. The van der Waals surface area contributed by atoms with Crippen LogP contribution >= 0.6 is 35.3 Å². The summed E-state index contributed by atoms with van der Waals surface area (Å²) in [5, 5.41) is 8.85. The van der Waals surface area contributed by atoms with E-state index in [0.717, 1.165) is 30.1 Å². The normalized spacial score (nSPS) is 19.7. The Kier molecular flexibility index (Phi) is 11.5. The Morgan fingerprint density at radius 3 is 2.40 bits per heavy atom. The van der Waals surface area contributed by atoms with Gasteiger partial charge in [0.1, 0.15) is 0 Å². The number of carbonyl (C=O) groups is 5. The van der Waals surface area contributed by atoms with Gasteiger partial charge in [-0.25, -0.2) is 4.98 Å². The van der Waals surface area contributed by atoms with Crippen LogP contribution in [0.3, 0.4) is 0 Å². The molecule has 1 aliphatic carbocycles. The van der Waals surface area contributed by atoms with E-state index in [0.29, 0.717) is 29.3 Å². The Morgan fingerprint density at radius 1 is 1.00 bits per heavy atom. The molecule has 0 spiro atoms. The summed E-state index contributed by atoms with van der Waals surface area (Å²) >= 11 is 7.40. The third-order valence-electron chi connectivity index (χ3n) is 7.46. The van der Waals surface area contributed by atoms with Gasteiger partial charge in [0.15, 0.2) is 5.01 Å². The van der Waals surface area contributed by atoms with Gasteiger partial charge in [0.2, 0.25) is 5.91 Å². The van der Waals surface area contributed by atoms with E-state index < -0.39 is 29.8 Å². The smallest absolute Gasteiger partial charge is 0.313 e. The van der Waals surface area contributed by atoms with Gasteiger partial charge in [-0.3, -0.25) is 24.0 Å². The fourth-order valence-corrected chi connectivity index (χ4v) is 6.46. The second kappa shape index (κ2) is 14.5. The van der Waals surface area contributed by atoms with Crippen molar-refractivity contribution < 1.29 is 24.0 Å². The van der Waals surface area contributed by atoms with Crippen LogP contribution in [0.1, 0.15) is 50.0 Å². The van der Waals surface area contributed by atoms with Crippen molar-refractivity contribution in [2.24, 2.45) is 5.92 Å². The summed E-state index contributed by atoms with van der Waals surface area (Å²) in [5.41, 5.74) is 1.20. The van der Waals surface area contributed by atoms with Crippen molar-refractivity contribution in [3.05, 3.63) is 44.4 Å². The van der Waals surface area contributed by atoms with Gasteiger partial charge in [0.05, 0.1) is 23.0 Å². The summed E-state index contributed by atoms with van der Waals surface area (Å²) in [7, 11) is 8.50. The highest BCUT2D eigenvalue weighted by atomic mass is 35.5. The van der Waals surface area contributed by atoms with Crippen LogP contribution < -0.4 is 16.0 Å². The summed E-state index contributed by atoms with van der Waals surface area (Å²) in [6, 6.07) is 3.16. The first-order valence-corrected chi connectivity index (χ1v) is 14.9. The Hall–Kier alpha value is -3.26. The molecule has 4 rings (SSSR count). The molecule has 1 fully saturated rings. The molecule has 1 aromatic carbocycles. The molecule has 234 valence electrons. The van der Waals surface area contributed by atoms with E-state index in [1.54, 1.807) is 28.2 Å². The third kappa shape index (κ3) is 8.22. The molecular formula is C28H37Cl2N7O5S. The van der Waals surface area contributed by atoms with Crippen LogP contribution in [0.15, 0.2) is 18.2 Å². The number of nitrogens with zero attached hydrogens (tertiary/aromatic N) is 4. The van der Waals surface area contributed by atoms with Crippen molar-refractivity contribution >= 4 is 70.6 Å². The summed E-state index contributed by atoms with van der Waals surface area (Å²) in [5.74, 6) is -3.09. The molecule has 0 saturated heterocycles. The van der Waals surface area contributed by atoms with Gasteiger partial charge >= 0.3 is 11.8 Å². The number of likely N-dealkylation sites (N-methyl/N-ethyl adjacent to an activating group) is 1. The largest absolute Gasteiger partial charge is 0.349 e. The number of hydrogen-bond acceptors (Lipinski definition) is 8. The van der Waals surface area contributed by atoms with Crippen LogP contribution in [0.4, 0.5) is 5.69 Å². The molecule has 0 radical (unpaired) electrons. The summed E-state index contributed by atoms with van der Waals surface area (Å²) in [6.45, 7) is 1.60. The lowest BCUT2D eigenvalue weighted by Crippen LogP contribution is -2.57. The number of anilines is 1. The number of rotatable bonds is 6. The molecule has 5 amide bonds. The molecule has 3 N–H and O–H groups in total. The maximum Gasteiger partial charge on any atom is 0.313 e. The van der Waals surface area contributed by atoms with Gasteiger partial charge in [0.25, 0.3) is 11.8 Å². The average molecular weight is 655 g/mol. The zero-order valence-electron chi connectivity index (χ0n) is 24.7. The molecule has 1 saturated carbocycles. The minimum absolute atomic E-state index is 0. The fraction of sp³-hybridized carbons (Fsp3) is 0.500. The quantitative estimate of drug-likeness (QED) is 0.405. The van der Waals surface area contributed by atoms with Crippen LogP contribution in [0.25, 0.3) is 0 Å². The SMILES string of the molecule is CN1CCc2nc(C(=O)N[C@@H]3C[C@@H](C(=O)N(C)C)CC[C@@H]3NC(=O)C(=O)Nc3ccc(Cl)cc3C(=O)N(C)C)sc2C1.Cl. The maximum atomic E-state index is 13.3. The Labute approximate surface area is 265 Å². The molecule has 15 heteroatoms. The van der Waals surface area contributed by atoms with Crippen molar-refractivity contribution in [3.8, 4) is 0 Å². The number of halogens is 2. The highest BCUT2D eigenvalue weighted by molar-refractivity contribution is 7.13. The first-order chi connectivity index (χ1) is 19.8. The monoisotopic (exact) mass is 653 g/mol. The van der Waals surface area contributed by atoms with Crippen molar-refractivity contribution in [2.75, 3.05) is 47.1 Å². The predicted octanol–water partition coefficient (Wildman–Crippen LogP) is 2.02. The second-order valence-corrected chi connectivity index (χ2v) is 12.6. The van der Waals surface area contributed by atoms with Crippen molar-refractivity contribution in [2.45, 2.75) is 44.3 Å². The van der Waals surface area contributed by atoms with E-state index >= 15 is 0 Å². The van der Waals surface area contributed by atoms with Crippen LogP contribution in [0.5, 0.6) is 0 Å². The fourth-order valence-electron chi connectivity index (χ4n) is 5.20. The minimum Gasteiger partial charge on any atom is -0.349 e. The number of carbonyl (C=O) groups excluding carboxylic acids is 5. The Bertz CT molecular complexity index is 1400. The molecule has 12 nitrogen and oxygen atoms in total. The lowest BCUT2D eigenvalue weighted by atomic mass is 9.81. The van der Waals surface area contributed by atoms with Crippen molar-refractivity contribution in [1.29, 1.82) is 0 Å². The number of aromatic nitrogens is 1. The van der Waals surface area contributed by atoms with E-state index in [9.17, 15) is 24.0 Å². The molecule has 0 bridgehead atoms. The highest BCUT2D eigenvalue weighted by Gasteiger charge is 2.38. The second-order valence-electron chi connectivity index (χ2n) is 11.1. The van der Waals surface area contributed by atoms with Gasteiger partial charge in [-0.15, -0.1) is 23.7 Å². The summed E-state index contributed by atoms with van der Waals surface area (Å²) < 4.78 is 0. The average Bonchev–Trinajstić information content (AvgIpc) is 3.37. The van der Waals surface area contributed by atoms with Gasteiger partial charge in [-0.1, -0.05) is 11.6 Å². The maximum absolute atomic E-state index is 13.3. The zero-order valence-corrected chi connectivity index (χ0v) is 27.1. The number of amides is 5. The van der Waals surface area contributed by atoms with Gasteiger partial charge in [0, 0.05) is 69.6 Å². The first-order valence-electron chi connectivity index (χ1n) is 13.7. The van der Waals surface area contributed by atoms with Gasteiger partial charge in [-0.05, 0) is 44.5 Å². The van der Waals surface area contributed by atoms with Crippen LogP contribution in [-0.4, -0.2) is 103 Å². The zero-order chi connectivity index (χ0) is 30.7. The van der Waals surface area contributed by atoms with E-state index in [4.69, 9.17) is 11.6 Å². The molecule has 2 aliphatic rings. The minimum atomic E-state index is -0.974. The van der Waals surface area contributed by atoms with Crippen LogP contribution in [0, 0.1) is 5.92 Å². The molecule has 0 unspecified atom stereocenters. The molecule has 2 heterocycles. The molecule has 43 heavy (non-hydrogen) atoms. The van der Waals surface area contributed by atoms with Crippen molar-refractivity contribution in [1.82, 2.24) is 30.3 Å². The lowest BCUT2D eigenvalue weighted by molar-refractivity contribution is -0.137. The number of thiazole rings is 1. The molecule has 3 atom stereocenters. The first kappa shape index (κ1) is 34.2.